The van der Waals surface area contributed by atoms with Crippen molar-refractivity contribution in [2.24, 2.45) is 0 Å². The van der Waals surface area contributed by atoms with Crippen LogP contribution < -0.4 is 0 Å². The van der Waals surface area contributed by atoms with Gasteiger partial charge in [0.15, 0.2) is 0 Å². The van der Waals surface area contributed by atoms with Gasteiger partial charge in [0, 0.05) is 11.4 Å². The molecule has 134 valence electrons. The topological polar surface area (TPSA) is 40.5 Å². The van der Waals surface area contributed by atoms with Crippen LogP contribution in [0.2, 0.25) is 4.34 Å². The van der Waals surface area contributed by atoms with Crippen LogP contribution in [0.5, 0.6) is 0 Å². The number of alkyl halides is 3. The standard InChI is InChI=1S/C17H15ClF3NO2S/c18-14-8-7-13(25-14)15(22-9-1-2-12(22)16(23)24)10-3-5-11(6-4-10)17(19,20)21/h3-8,12,15H,1-2,9H2,(H,23,24). The molecule has 0 amide bonds. The second-order valence-electron chi connectivity index (χ2n) is 5.90. The molecule has 2 heterocycles. The van der Waals surface area contributed by atoms with E-state index in [-0.39, 0.29) is 0 Å². The molecule has 8 heteroatoms. The van der Waals surface area contributed by atoms with E-state index in [1.165, 1.54) is 23.5 Å². The first kappa shape index (κ1) is 18.2. The van der Waals surface area contributed by atoms with Gasteiger partial charge in [0.25, 0.3) is 0 Å². The van der Waals surface area contributed by atoms with Gasteiger partial charge in [-0.3, -0.25) is 9.69 Å². The number of nitrogens with zero attached hydrogens (tertiary/aromatic N) is 1. The van der Waals surface area contributed by atoms with Crippen molar-refractivity contribution in [1.29, 1.82) is 0 Å². The number of hydrogen-bond acceptors (Lipinski definition) is 3. The van der Waals surface area contributed by atoms with Crippen LogP contribution in [0.1, 0.15) is 34.9 Å². The zero-order valence-corrected chi connectivity index (χ0v) is 14.5. The molecule has 1 aliphatic heterocycles. The van der Waals surface area contributed by atoms with Gasteiger partial charge < -0.3 is 5.11 Å². The van der Waals surface area contributed by atoms with Crippen molar-refractivity contribution < 1.29 is 23.1 Å². The Morgan fingerprint density at radius 3 is 2.44 bits per heavy atom. The molecule has 1 fully saturated rings. The van der Waals surface area contributed by atoms with Gasteiger partial charge >= 0.3 is 12.1 Å². The Labute approximate surface area is 151 Å². The molecule has 2 aromatic rings. The zero-order valence-electron chi connectivity index (χ0n) is 13.0. The average Bonchev–Trinajstić information content (AvgIpc) is 3.17. The summed E-state index contributed by atoms with van der Waals surface area (Å²) in [7, 11) is 0. The smallest absolute Gasteiger partial charge is 0.416 e. The van der Waals surface area contributed by atoms with Crippen LogP contribution in [0.15, 0.2) is 36.4 Å². The molecule has 0 spiro atoms. The van der Waals surface area contributed by atoms with Gasteiger partial charge in [-0.15, -0.1) is 11.3 Å². The quantitative estimate of drug-likeness (QED) is 0.794. The summed E-state index contributed by atoms with van der Waals surface area (Å²) < 4.78 is 39.0. The number of carboxylic acid groups (broad SMARTS) is 1. The molecule has 3 rings (SSSR count). The Bertz CT molecular complexity index is 760. The average molecular weight is 390 g/mol. The van der Waals surface area contributed by atoms with Crippen molar-refractivity contribution in [3.63, 3.8) is 0 Å². The highest BCUT2D eigenvalue weighted by Crippen LogP contribution is 2.40. The van der Waals surface area contributed by atoms with E-state index in [0.29, 0.717) is 22.9 Å². The number of hydrogen-bond donors (Lipinski definition) is 1. The van der Waals surface area contributed by atoms with Crippen LogP contribution >= 0.6 is 22.9 Å². The van der Waals surface area contributed by atoms with Crippen molar-refractivity contribution >= 4 is 28.9 Å². The monoisotopic (exact) mass is 389 g/mol. The van der Waals surface area contributed by atoms with Gasteiger partial charge in [0.2, 0.25) is 0 Å². The SMILES string of the molecule is O=C(O)C1CCCN1C(c1ccc(C(F)(F)F)cc1)c1ccc(Cl)s1. The number of carbonyl (C=O) groups is 1. The van der Waals surface area contributed by atoms with E-state index in [9.17, 15) is 23.1 Å². The maximum absolute atomic E-state index is 12.8. The van der Waals surface area contributed by atoms with E-state index in [4.69, 9.17) is 11.6 Å². The molecule has 0 saturated carbocycles. The zero-order chi connectivity index (χ0) is 18.2. The number of benzene rings is 1. The first-order valence-electron chi connectivity index (χ1n) is 7.68. The number of likely N-dealkylation sites (tertiary alicyclic amines) is 1. The lowest BCUT2D eigenvalue weighted by Crippen LogP contribution is -2.39. The van der Waals surface area contributed by atoms with Gasteiger partial charge in [-0.25, -0.2) is 0 Å². The highest BCUT2D eigenvalue weighted by molar-refractivity contribution is 7.16. The lowest BCUT2D eigenvalue weighted by Gasteiger charge is -2.31. The molecule has 2 unspecified atom stereocenters. The largest absolute Gasteiger partial charge is 0.480 e. The minimum absolute atomic E-state index is 0.427. The van der Waals surface area contributed by atoms with Gasteiger partial charge in [-0.2, -0.15) is 13.2 Å². The third-order valence-electron chi connectivity index (χ3n) is 4.33. The summed E-state index contributed by atoms with van der Waals surface area (Å²) in [6.07, 6.45) is -3.16. The highest BCUT2D eigenvalue weighted by atomic mass is 35.5. The van der Waals surface area contributed by atoms with Crippen molar-refractivity contribution in [1.82, 2.24) is 4.90 Å². The molecule has 1 aromatic carbocycles. The molecule has 0 bridgehead atoms. The normalized spacial score (nSPS) is 19.9. The Balaban J connectivity index is 2.01. The molecule has 1 N–H and O–H groups in total. The maximum atomic E-state index is 12.8. The summed E-state index contributed by atoms with van der Waals surface area (Å²) in [6, 6.07) is 7.32. The lowest BCUT2D eigenvalue weighted by molar-refractivity contribution is -0.142. The molecular weight excluding hydrogens is 375 g/mol. The third-order valence-corrected chi connectivity index (χ3v) is 5.61. The Hall–Kier alpha value is -1.57. The van der Waals surface area contributed by atoms with Crippen LogP contribution in [0.25, 0.3) is 0 Å². The third kappa shape index (κ3) is 3.83. The molecule has 2 atom stereocenters. The number of carboxylic acids is 1. The fourth-order valence-electron chi connectivity index (χ4n) is 3.21. The second kappa shape index (κ2) is 6.97. The second-order valence-corrected chi connectivity index (χ2v) is 7.64. The summed E-state index contributed by atoms with van der Waals surface area (Å²) in [5, 5.41) is 9.47. The van der Waals surface area contributed by atoms with Crippen molar-refractivity contribution in [2.75, 3.05) is 6.54 Å². The van der Waals surface area contributed by atoms with Crippen LogP contribution in [0, 0.1) is 0 Å². The Morgan fingerprint density at radius 2 is 1.92 bits per heavy atom. The molecule has 25 heavy (non-hydrogen) atoms. The van der Waals surface area contributed by atoms with E-state index in [2.05, 4.69) is 0 Å². The van der Waals surface area contributed by atoms with Gasteiger partial charge in [0.1, 0.15) is 6.04 Å². The van der Waals surface area contributed by atoms with Gasteiger partial charge in [0.05, 0.1) is 15.9 Å². The summed E-state index contributed by atoms with van der Waals surface area (Å²) in [5.41, 5.74) is -0.102. The van der Waals surface area contributed by atoms with Crippen LogP contribution in [0.4, 0.5) is 13.2 Å². The molecule has 1 saturated heterocycles. The van der Waals surface area contributed by atoms with Crippen molar-refractivity contribution in [3.05, 3.63) is 56.7 Å². The molecule has 3 nitrogen and oxygen atoms in total. The summed E-state index contributed by atoms with van der Waals surface area (Å²) in [4.78, 5) is 14.2. The fourth-order valence-corrected chi connectivity index (χ4v) is 4.42. The molecule has 1 aliphatic rings. The van der Waals surface area contributed by atoms with E-state index in [0.717, 1.165) is 23.4 Å². The summed E-state index contributed by atoms with van der Waals surface area (Å²) in [6.45, 7) is 0.568. The van der Waals surface area contributed by atoms with E-state index < -0.39 is 29.8 Å². The summed E-state index contributed by atoms with van der Waals surface area (Å²) in [5.74, 6) is -0.919. The summed E-state index contributed by atoms with van der Waals surface area (Å²) >= 11 is 7.33. The maximum Gasteiger partial charge on any atom is 0.416 e. The number of rotatable bonds is 4. The fraction of sp³-hybridized carbons (Fsp3) is 0.353. The van der Waals surface area contributed by atoms with Crippen LogP contribution in [-0.4, -0.2) is 28.6 Å². The van der Waals surface area contributed by atoms with E-state index >= 15 is 0 Å². The predicted molar refractivity (Wildman–Crippen MR) is 90.0 cm³/mol. The first-order valence-corrected chi connectivity index (χ1v) is 8.88. The predicted octanol–water partition coefficient (Wildman–Crippen LogP) is 5.06. The number of halogens is 4. The minimum Gasteiger partial charge on any atom is -0.480 e. The van der Waals surface area contributed by atoms with Crippen LogP contribution in [-0.2, 0) is 11.0 Å². The lowest BCUT2D eigenvalue weighted by atomic mass is 10.0. The number of aliphatic carboxylic acids is 1. The minimum atomic E-state index is -4.41. The first-order chi connectivity index (χ1) is 11.8. The Kier molecular flexibility index (Phi) is 5.09. The van der Waals surface area contributed by atoms with Crippen molar-refractivity contribution in [2.45, 2.75) is 31.1 Å². The highest BCUT2D eigenvalue weighted by Gasteiger charge is 2.38. The van der Waals surface area contributed by atoms with Gasteiger partial charge in [-0.05, 0) is 42.7 Å². The molecule has 0 radical (unpaired) electrons. The van der Waals surface area contributed by atoms with E-state index in [1.807, 2.05) is 4.90 Å². The van der Waals surface area contributed by atoms with Crippen molar-refractivity contribution in [3.8, 4) is 0 Å². The molecular formula is C17H15ClF3NO2S. The van der Waals surface area contributed by atoms with Crippen LogP contribution in [0.3, 0.4) is 0 Å². The van der Waals surface area contributed by atoms with Gasteiger partial charge in [-0.1, -0.05) is 23.7 Å². The van der Waals surface area contributed by atoms with E-state index in [1.54, 1.807) is 12.1 Å². The Morgan fingerprint density at radius 1 is 1.24 bits per heavy atom. The molecule has 1 aromatic heterocycles. The molecule has 0 aliphatic carbocycles. The number of thiophene rings is 1.